The van der Waals surface area contributed by atoms with Gasteiger partial charge in [-0.1, -0.05) is 13.3 Å². The van der Waals surface area contributed by atoms with Crippen LogP contribution in [0.5, 0.6) is 11.5 Å². The van der Waals surface area contributed by atoms with Gasteiger partial charge in [-0.3, -0.25) is 9.79 Å². The molecule has 2 aromatic heterocycles. The number of ether oxygens (including phenoxy) is 3. The predicted molar refractivity (Wildman–Crippen MR) is 134 cm³/mol. The van der Waals surface area contributed by atoms with Crippen molar-refractivity contribution in [2.24, 2.45) is 10.1 Å². The molecule has 0 N–H and O–H groups in total. The number of furan rings is 1. The SMILES string of the molecule is CCCCN=c1scc(-c2ccco2)n1/N=C/c1ccc(OCC(=O)N2CCOCC2)c(OC)c1. The summed E-state index contributed by atoms with van der Waals surface area (Å²) in [6.45, 7) is 5.12. The maximum Gasteiger partial charge on any atom is 0.260 e. The van der Waals surface area contributed by atoms with Crippen LogP contribution in [0.4, 0.5) is 0 Å². The maximum absolute atomic E-state index is 12.4. The number of morpholine rings is 1. The van der Waals surface area contributed by atoms with E-state index in [4.69, 9.17) is 28.7 Å². The first-order chi connectivity index (χ1) is 17.2. The summed E-state index contributed by atoms with van der Waals surface area (Å²) in [5.41, 5.74) is 1.65. The van der Waals surface area contributed by atoms with Gasteiger partial charge in [-0.05, 0) is 42.3 Å². The number of nitrogens with zero attached hydrogens (tertiary/aromatic N) is 4. The lowest BCUT2D eigenvalue weighted by atomic mass is 10.2. The van der Waals surface area contributed by atoms with Crippen LogP contribution in [0.2, 0.25) is 0 Å². The second kappa shape index (κ2) is 12.4. The topological polar surface area (TPSA) is 90.8 Å². The number of benzene rings is 1. The summed E-state index contributed by atoms with van der Waals surface area (Å²) < 4.78 is 23.9. The molecule has 4 rings (SSSR count). The summed E-state index contributed by atoms with van der Waals surface area (Å²) in [6.07, 6.45) is 5.48. The van der Waals surface area contributed by atoms with Crippen LogP contribution >= 0.6 is 11.3 Å². The molecule has 1 aromatic carbocycles. The Balaban J connectivity index is 1.51. The molecular formula is C25H30N4O5S. The largest absolute Gasteiger partial charge is 0.493 e. The quantitative estimate of drug-likeness (QED) is 0.314. The summed E-state index contributed by atoms with van der Waals surface area (Å²) in [5, 5.41) is 6.68. The zero-order chi connectivity index (χ0) is 24.5. The Morgan fingerprint density at radius 1 is 1.23 bits per heavy atom. The second-order valence-corrected chi connectivity index (χ2v) is 8.70. The van der Waals surface area contributed by atoms with Gasteiger partial charge in [0.25, 0.3) is 5.91 Å². The number of carbonyl (C=O) groups excluding carboxylic acids is 1. The molecule has 0 spiro atoms. The van der Waals surface area contributed by atoms with Crippen LogP contribution in [-0.2, 0) is 9.53 Å². The summed E-state index contributed by atoms with van der Waals surface area (Å²) in [5.74, 6) is 1.68. The van der Waals surface area contributed by atoms with Crippen molar-refractivity contribution in [2.45, 2.75) is 19.8 Å². The standard InChI is InChI=1S/C25H30N4O5S/c1-3-4-9-26-25-29(20(18-35-25)21-6-5-12-33-21)27-16-19-7-8-22(23(15-19)31-2)34-17-24(30)28-10-13-32-14-11-28/h5-8,12,15-16,18H,3-4,9-11,13-14,17H2,1-2H3/b26-25?,27-16+. The molecule has 0 aliphatic carbocycles. The first kappa shape index (κ1) is 24.7. The van der Waals surface area contributed by atoms with Gasteiger partial charge in [-0.25, -0.2) is 4.68 Å². The van der Waals surface area contributed by atoms with Gasteiger partial charge in [0, 0.05) is 25.0 Å². The number of amides is 1. The number of carbonyl (C=O) groups is 1. The second-order valence-electron chi connectivity index (χ2n) is 7.86. The zero-order valence-electron chi connectivity index (χ0n) is 20.0. The van der Waals surface area contributed by atoms with E-state index in [9.17, 15) is 4.79 Å². The Hall–Kier alpha value is -3.37. The van der Waals surface area contributed by atoms with Crippen molar-refractivity contribution in [2.75, 3.05) is 46.6 Å². The molecule has 186 valence electrons. The molecule has 9 nitrogen and oxygen atoms in total. The van der Waals surface area contributed by atoms with Crippen molar-refractivity contribution < 1.29 is 23.4 Å². The highest BCUT2D eigenvalue weighted by molar-refractivity contribution is 7.07. The summed E-state index contributed by atoms with van der Waals surface area (Å²) in [4.78, 5) is 19.6. The smallest absolute Gasteiger partial charge is 0.260 e. The van der Waals surface area contributed by atoms with Crippen molar-refractivity contribution in [1.82, 2.24) is 9.58 Å². The minimum Gasteiger partial charge on any atom is -0.493 e. The number of hydrogen-bond donors (Lipinski definition) is 0. The van der Waals surface area contributed by atoms with Crippen LogP contribution in [-0.4, -0.2) is 68.3 Å². The number of hydrogen-bond acceptors (Lipinski definition) is 8. The molecule has 0 radical (unpaired) electrons. The zero-order valence-corrected chi connectivity index (χ0v) is 20.8. The van der Waals surface area contributed by atoms with Gasteiger partial charge >= 0.3 is 0 Å². The Labute approximate surface area is 208 Å². The van der Waals surface area contributed by atoms with Gasteiger partial charge in [0.1, 0.15) is 5.69 Å². The number of methoxy groups -OCH3 is 1. The van der Waals surface area contributed by atoms with E-state index in [1.165, 1.54) is 11.3 Å². The molecule has 0 saturated carbocycles. The van der Waals surface area contributed by atoms with Crippen LogP contribution < -0.4 is 14.3 Å². The lowest BCUT2D eigenvalue weighted by Gasteiger charge is -2.26. The number of rotatable bonds is 10. The highest BCUT2D eigenvalue weighted by atomic mass is 32.1. The van der Waals surface area contributed by atoms with E-state index in [1.807, 2.05) is 29.6 Å². The van der Waals surface area contributed by atoms with Crippen LogP contribution in [0.25, 0.3) is 11.5 Å². The molecule has 1 saturated heterocycles. The van der Waals surface area contributed by atoms with Crippen molar-refractivity contribution in [1.29, 1.82) is 0 Å². The molecule has 1 aliphatic rings. The van der Waals surface area contributed by atoms with Crippen molar-refractivity contribution in [3.63, 3.8) is 0 Å². The van der Waals surface area contributed by atoms with Gasteiger partial charge in [0.05, 0.1) is 32.8 Å². The molecule has 1 fully saturated rings. The molecule has 0 unspecified atom stereocenters. The van der Waals surface area contributed by atoms with E-state index < -0.39 is 0 Å². The number of unbranched alkanes of at least 4 members (excludes halogenated alkanes) is 1. The first-order valence-electron chi connectivity index (χ1n) is 11.6. The molecule has 35 heavy (non-hydrogen) atoms. The van der Waals surface area contributed by atoms with Gasteiger partial charge < -0.3 is 23.5 Å². The Morgan fingerprint density at radius 2 is 2.09 bits per heavy atom. The fourth-order valence-corrected chi connectivity index (χ4v) is 4.34. The molecule has 3 heterocycles. The van der Waals surface area contributed by atoms with E-state index in [1.54, 1.807) is 35.2 Å². The van der Waals surface area contributed by atoms with Crippen LogP contribution in [0.1, 0.15) is 25.3 Å². The lowest BCUT2D eigenvalue weighted by molar-refractivity contribution is -0.137. The minimum atomic E-state index is -0.0698. The molecule has 1 amide bonds. The highest BCUT2D eigenvalue weighted by Gasteiger charge is 2.18. The molecule has 0 bridgehead atoms. The van der Waals surface area contributed by atoms with E-state index >= 15 is 0 Å². The Morgan fingerprint density at radius 3 is 2.83 bits per heavy atom. The minimum absolute atomic E-state index is 0.0519. The van der Waals surface area contributed by atoms with Gasteiger partial charge in [0.15, 0.2) is 23.9 Å². The van der Waals surface area contributed by atoms with E-state index in [0.29, 0.717) is 37.8 Å². The van der Waals surface area contributed by atoms with E-state index in [-0.39, 0.29) is 12.5 Å². The third kappa shape index (κ3) is 6.40. The highest BCUT2D eigenvalue weighted by Crippen LogP contribution is 2.28. The molecular weight excluding hydrogens is 468 g/mol. The summed E-state index contributed by atoms with van der Waals surface area (Å²) in [6, 6.07) is 9.23. The molecule has 3 aromatic rings. The van der Waals surface area contributed by atoms with Crippen molar-refractivity contribution >= 4 is 23.5 Å². The van der Waals surface area contributed by atoms with Gasteiger partial charge in [0.2, 0.25) is 4.80 Å². The third-order valence-electron chi connectivity index (χ3n) is 5.44. The monoisotopic (exact) mass is 498 g/mol. The molecule has 10 heteroatoms. The van der Waals surface area contributed by atoms with Crippen molar-refractivity contribution in [3.8, 4) is 23.0 Å². The van der Waals surface area contributed by atoms with Crippen LogP contribution in [0.15, 0.2) is 56.5 Å². The Bertz CT molecular complexity index is 1190. The number of aromatic nitrogens is 1. The first-order valence-corrected chi connectivity index (χ1v) is 12.5. The van der Waals surface area contributed by atoms with Gasteiger partial charge in [-0.15, -0.1) is 11.3 Å². The normalized spacial score (nSPS) is 14.6. The van der Waals surface area contributed by atoms with Crippen LogP contribution in [0.3, 0.4) is 0 Å². The van der Waals surface area contributed by atoms with Crippen molar-refractivity contribution in [3.05, 3.63) is 52.3 Å². The fraction of sp³-hybridized carbons (Fsp3) is 0.400. The maximum atomic E-state index is 12.4. The Kier molecular flexibility index (Phi) is 8.74. The van der Waals surface area contributed by atoms with E-state index in [2.05, 4.69) is 6.92 Å². The van der Waals surface area contributed by atoms with E-state index in [0.717, 1.165) is 41.2 Å². The number of thiazole rings is 1. The molecule has 0 atom stereocenters. The van der Waals surface area contributed by atoms with Gasteiger partial charge in [-0.2, -0.15) is 5.10 Å². The molecule has 1 aliphatic heterocycles. The average molecular weight is 499 g/mol. The average Bonchev–Trinajstić information content (AvgIpc) is 3.57. The summed E-state index contributed by atoms with van der Waals surface area (Å²) >= 11 is 1.53. The lowest BCUT2D eigenvalue weighted by Crippen LogP contribution is -2.43. The fourth-order valence-electron chi connectivity index (χ4n) is 3.50. The summed E-state index contributed by atoms with van der Waals surface area (Å²) in [7, 11) is 1.57. The third-order valence-corrected chi connectivity index (χ3v) is 6.30. The van der Waals surface area contributed by atoms with Crippen LogP contribution in [0, 0.1) is 0 Å². The predicted octanol–water partition coefficient (Wildman–Crippen LogP) is 3.64.